The number of ether oxygens (including phenoxy) is 2. The third-order valence-electron chi connectivity index (χ3n) is 2.63. The number of nitrogens with one attached hydrogen (secondary N) is 1. The molecule has 0 aromatic heterocycles. The minimum absolute atomic E-state index is 0.118. The van der Waals surface area contributed by atoms with Gasteiger partial charge in [0.2, 0.25) is 0 Å². The number of anilines is 1. The van der Waals surface area contributed by atoms with Crippen molar-refractivity contribution in [3.05, 3.63) is 24.3 Å². The molecule has 0 aliphatic heterocycles. The van der Waals surface area contributed by atoms with Crippen LogP contribution in [0.25, 0.3) is 5.57 Å². The average Bonchev–Trinajstić information content (AvgIpc) is 2.38. The molecule has 0 spiro atoms. The minimum atomic E-state index is -0.918. The molecule has 0 heterocycles. The number of carboxylic acids is 1. The second kappa shape index (κ2) is 6.68. The van der Waals surface area contributed by atoms with Gasteiger partial charge in [-0.2, -0.15) is 0 Å². The number of rotatable bonds is 7. The Morgan fingerprint density at radius 2 is 1.84 bits per heavy atom. The predicted molar refractivity (Wildman–Crippen MR) is 75.0 cm³/mol. The van der Waals surface area contributed by atoms with Gasteiger partial charge in [0.15, 0.2) is 0 Å². The summed E-state index contributed by atoms with van der Waals surface area (Å²) in [6.45, 7) is 6.47. The summed E-state index contributed by atoms with van der Waals surface area (Å²) in [7, 11) is 3.11. The number of carboxylic acid groups (broad SMARTS) is 1. The van der Waals surface area contributed by atoms with Crippen LogP contribution in [-0.2, 0) is 4.79 Å². The summed E-state index contributed by atoms with van der Waals surface area (Å²) in [5.41, 5.74) is 1.95. The van der Waals surface area contributed by atoms with E-state index in [0.29, 0.717) is 22.6 Å². The van der Waals surface area contributed by atoms with Crippen molar-refractivity contribution in [3.8, 4) is 11.5 Å². The van der Waals surface area contributed by atoms with Gasteiger partial charge in [-0.05, 0) is 30.2 Å². The molecule has 0 fully saturated rings. The molecule has 0 saturated heterocycles. The largest absolute Gasteiger partial charge is 0.494 e. The Labute approximate surface area is 112 Å². The Balaban J connectivity index is 3.22. The number of carbonyl (C=O) groups is 1. The highest BCUT2D eigenvalue weighted by molar-refractivity contribution is 5.85. The van der Waals surface area contributed by atoms with Crippen molar-refractivity contribution in [2.75, 3.05) is 26.1 Å². The zero-order chi connectivity index (χ0) is 14.4. The SMILES string of the molecule is C=C(CC(=O)O)c1cc(OC)c(NCC)c(OC)c1. The first-order valence-electron chi connectivity index (χ1n) is 5.93. The normalized spacial score (nSPS) is 9.84. The van der Waals surface area contributed by atoms with E-state index in [1.807, 2.05) is 6.92 Å². The summed E-state index contributed by atoms with van der Waals surface area (Å²) in [5, 5.41) is 12.0. The smallest absolute Gasteiger partial charge is 0.307 e. The van der Waals surface area contributed by atoms with Gasteiger partial charge >= 0.3 is 5.97 Å². The van der Waals surface area contributed by atoms with Crippen LogP contribution in [0.5, 0.6) is 11.5 Å². The molecular weight excluding hydrogens is 246 g/mol. The molecule has 1 aromatic carbocycles. The second-order valence-corrected chi connectivity index (χ2v) is 3.96. The molecule has 0 aliphatic carbocycles. The van der Waals surface area contributed by atoms with Gasteiger partial charge in [0.25, 0.3) is 0 Å². The van der Waals surface area contributed by atoms with E-state index in [4.69, 9.17) is 14.6 Å². The minimum Gasteiger partial charge on any atom is -0.494 e. The monoisotopic (exact) mass is 265 g/mol. The topological polar surface area (TPSA) is 67.8 Å². The molecule has 1 rings (SSSR count). The fourth-order valence-corrected chi connectivity index (χ4v) is 1.75. The van der Waals surface area contributed by atoms with Crippen molar-refractivity contribution >= 4 is 17.2 Å². The van der Waals surface area contributed by atoms with Crippen LogP contribution in [0.2, 0.25) is 0 Å². The van der Waals surface area contributed by atoms with E-state index in [0.717, 1.165) is 12.2 Å². The molecule has 0 atom stereocenters. The van der Waals surface area contributed by atoms with E-state index in [2.05, 4.69) is 11.9 Å². The maximum absolute atomic E-state index is 10.7. The molecule has 0 amide bonds. The van der Waals surface area contributed by atoms with Gasteiger partial charge in [-0.3, -0.25) is 4.79 Å². The van der Waals surface area contributed by atoms with Crippen LogP contribution in [-0.4, -0.2) is 31.8 Å². The standard InChI is InChI=1S/C14H19NO4/c1-5-15-14-11(18-3)7-10(8-12(14)19-4)9(2)6-13(16)17/h7-8,15H,2,5-6H2,1,3-4H3,(H,16,17). The summed E-state index contributed by atoms with van der Waals surface area (Å²) in [6.07, 6.45) is -0.118. The number of aliphatic carboxylic acids is 1. The molecule has 0 bridgehead atoms. The van der Waals surface area contributed by atoms with Gasteiger partial charge in [-0.15, -0.1) is 0 Å². The van der Waals surface area contributed by atoms with Gasteiger partial charge in [-0.25, -0.2) is 0 Å². The van der Waals surface area contributed by atoms with Gasteiger partial charge < -0.3 is 19.9 Å². The maximum atomic E-state index is 10.7. The quantitative estimate of drug-likeness (QED) is 0.793. The van der Waals surface area contributed by atoms with Crippen molar-refractivity contribution in [1.82, 2.24) is 0 Å². The molecule has 19 heavy (non-hydrogen) atoms. The zero-order valence-corrected chi connectivity index (χ0v) is 11.4. The van der Waals surface area contributed by atoms with E-state index in [1.54, 1.807) is 26.4 Å². The highest BCUT2D eigenvalue weighted by Gasteiger charge is 2.14. The van der Waals surface area contributed by atoms with E-state index >= 15 is 0 Å². The zero-order valence-electron chi connectivity index (χ0n) is 11.4. The maximum Gasteiger partial charge on any atom is 0.307 e. The van der Waals surface area contributed by atoms with Crippen molar-refractivity contribution < 1.29 is 19.4 Å². The molecule has 2 N–H and O–H groups in total. The predicted octanol–water partition coefficient (Wildman–Crippen LogP) is 2.62. The molecule has 5 heteroatoms. The first-order chi connectivity index (χ1) is 9.03. The van der Waals surface area contributed by atoms with Gasteiger partial charge in [0.1, 0.15) is 17.2 Å². The first kappa shape index (κ1) is 14.9. The highest BCUT2D eigenvalue weighted by Crippen LogP contribution is 2.38. The number of hydrogen-bond donors (Lipinski definition) is 2. The van der Waals surface area contributed by atoms with E-state index in [1.165, 1.54) is 0 Å². The lowest BCUT2D eigenvalue weighted by atomic mass is 10.0. The van der Waals surface area contributed by atoms with E-state index < -0.39 is 5.97 Å². The van der Waals surface area contributed by atoms with Crippen LogP contribution in [0.3, 0.4) is 0 Å². The van der Waals surface area contributed by atoms with Gasteiger partial charge in [-0.1, -0.05) is 6.58 Å². The summed E-state index contributed by atoms with van der Waals surface area (Å²) in [5.74, 6) is 0.282. The Morgan fingerprint density at radius 1 is 1.32 bits per heavy atom. The molecule has 1 aromatic rings. The lowest BCUT2D eigenvalue weighted by molar-refractivity contribution is -0.135. The Bertz CT molecular complexity index is 457. The third kappa shape index (κ3) is 3.64. The van der Waals surface area contributed by atoms with Crippen molar-refractivity contribution in [1.29, 1.82) is 0 Å². The van der Waals surface area contributed by atoms with Crippen LogP contribution >= 0.6 is 0 Å². The summed E-state index contributed by atoms with van der Waals surface area (Å²) in [6, 6.07) is 3.51. The first-order valence-corrected chi connectivity index (χ1v) is 5.93. The van der Waals surface area contributed by atoms with Gasteiger partial charge in [0.05, 0.1) is 20.6 Å². The summed E-state index contributed by atoms with van der Waals surface area (Å²) < 4.78 is 10.6. The Kier molecular flexibility index (Phi) is 5.23. The molecule has 0 radical (unpaired) electrons. The van der Waals surface area contributed by atoms with Gasteiger partial charge in [0, 0.05) is 6.54 Å². The van der Waals surface area contributed by atoms with Crippen LogP contribution in [0.1, 0.15) is 18.9 Å². The molecule has 0 aliphatic rings. The molecule has 0 saturated carbocycles. The Morgan fingerprint density at radius 3 is 2.21 bits per heavy atom. The van der Waals surface area contributed by atoms with Crippen LogP contribution in [0, 0.1) is 0 Å². The Hall–Kier alpha value is -2.17. The van der Waals surface area contributed by atoms with Crippen molar-refractivity contribution in [3.63, 3.8) is 0 Å². The van der Waals surface area contributed by atoms with Crippen LogP contribution in [0.4, 0.5) is 5.69 Å². The molecule has 0 unspecified atom stereocenters. The highest BCUT2D eigenvalue weighted by atomic mass is 16.5. The van der Waals surface area contributed by atoms with Crippen molar-refractivity contribution in [2.45, 2.75) is 13.3 Å². The molecule has 5 nitrogen and oxygen atoms in total. The fraction of sp³-hybridized carbons (Fsp3) is 0.357. The second-order valence-electron chi connectivity index (χ2n) is 3.96. The lowest BCUT2D eigenvalue weighted by Gasteiger charge is -2.16. The van der Waals surface area contributed by atoms with Crippen LogP contribution in [0.15, 0.2) is 18.7 Å². The van der Waals surface area contributed by atoms with E-state index in [-0.39, 0.29) is 6.42 Å². The number of hydrogen-bond acceptors (Lipinski definition) is 4. The average molecular weight is 265 g/mol. The number of methoxy groups -OCH3 is 2. The molecule has 104 valence electrons. The van der Waals surface area contributed by atoms with Crippen LogP contribution < -0.4 is 14.8 Å². The fourth-order valence-electron chi connectivity index (χ4n) is 1.75. The van der Waals surface area contributed by atoms with E-state index in [9.17, 15) is 4.79 Å². The molecular formula is C14H19NO4. The summed E-state index contributed by atoms with van der Waals surface area (Å²) in [4.78, 5) is 10.7. The third-order valence-corrected chi connectivity index (χ3v) is 2.63. The summed E-state index contributed by atoms with van der Waals surface area (Å²) >= 11 is 0. The van der Waals surface area contributed by atoms with Crippen molar-refractivity contribution in [2.24, 2.45) is 0 Å². The lowest BCUT2D eigenvalue weighted by Crippen LogP contribution is -2.04. The number of benzene rings is 1.